The van der Waals surface area contributed by atoms with Crippen LogP contribution >= 0.6 is 0 Å². The van der Waals surface area contributed by atoms with Crippen molar-refractivity contribution in [3.05, 3.63) is 18.2 Å². The number of aryl methyl sites for hydroxylation is 1. The fourth-order valence-corrected chi connectivity index (χ4v) is 3.20. The Bertz CT molecular complexity index is 465. The highest BCUT2D eigenvalue weighted by atomic mass is 16.3. The maximum Gasteiger partial charge on any atom is 0.233 e. The molecule has 1 saturated heterocycles. The summed E-state index contributed by atoms with van der Waals surface area (Å²) in [6, 6.07) is 0. The minimum absolute atomic E-state index is 0.0665. The van der Waals surface area contributed by atoms with Gasteiger partial charge in [-0.1, -0.05) is 0 Å². The van der Waals surface area contributed by atoms with E-state index < -0.39 is 0 Å². The van der Waals surface area contributed by atoms with Gasteiger partial charge in [-0.15, -0.1) is 0 Å². The predicted molar refractivity (Wildman–Crippen MR) is 74.3 cm³/mol. The van der Waals surface area contributed by atoms with Gasteiger partial charge < -0.3 is 14.6 Å². The van der Waals surface area contributed by atoms with Crippen molar-refractivity contribution < 1.29 is 9.90 Å². The van der Waals surface area contributed by atoms with Crippen molar-refractivity contribution >= 4 is 5.91 Å². The van der Waals surface area contributed by atoms with E-state index in [0.29, 0.717) is 6.54 Å². The zero-order valence-corrected chi connectivity index (χ0v) is 11.7. The Kier molecular flexibility index (Phi) is 4.03. The average molecular weight is 278 g/mol. The number of carbonyl (C=O) groups excluding carboxylic acids is 1. The molecule has 20 heavy (non-hydrogen) atoms. The molecule has 0 aromatic carbocycles. The monoisotopic (exact) mass is 278 g/mol. The molecule has 3 heterocycles. The summed E-state index contributed by atoms with van der Waals surface area (Å²) in [5.74, 6) is 1.09. The number of aromatic nitrogens is 2. The van der Waals surface area contributed by atoms with E-state index >= 15 is 0 Å². The Balaban J connectivity index is 1.64. The number of imidazole rings is 1. The third-order valence-electron chi connectivity index (χ3n) is 4.35. The lowest BCUT2D eigenvalue weighted by Crippen LogP contribution is -2.50. The number of aliphatic hydroxyl groups is 1. The molecule has 110 valence electrons. The summed E-state index contributed by atoms with van der Waals surface area (Å²) in [4.78, 5) is 21.2. The van der Waals surface area contributed by atoms with Crippen molar-refractivity contribution in [3.8, 4) is 0 Å². The van der Waals surface area contributed by atoms with Crippen LogP contribution in [0, 0.1) is 0 Å². The van der Waals surface area contributed by atoms with Gasteiger partial charge >= 0.3 is 0 Å². The van der Waals surface area contributed by atoms with E-state index in [-0.39, 0.29) is 18.4 Å². The van der Waals surface area contributed by atoms with Crippen molar-refractivity contribution in [2.75, 3.05) is 39.3 Å². The number of rotatable bonds is 3. The molecule has 3 rings (SSSR count). The molecule has 2 aliphatic heterocycles. The normalized spacial score (nSPS) is 23.6. The molecule has 0 spiro atoms. The number of piperazine rings is 1. The lowest BCUT2D eigenvalue weighted by Gasteiger charge is -2.36. The molecular weight excluding hydrogens is 256 g/mol. The average Bonchev–Trinajstić information content (AvgIpc) is 2.96. The first-order valence-electron chi connectivity index (χ1n) is 7.42. The highest BCUT2D eigenvalue weighted by molar-refractivity contribution is 5.83. The van der Waals surface area contributed by atoms with E-state index in [2.05, 4.69) is 14.5 Å². The first-order valence-corrected chi connectivity index (χ1v) is 7.42. The molecule has 1 unspecified atom stereocenters. The van der Waals surface area contributed by atoms with Crippen LogP contribution in [0.5, 0.6) is 0 Å². The molecular formula is C14H22N4O2. The van der Waals surface area contributed by atoms with Crippen LogP contribution < -0.4 is 0 Å². The summed E-state index contributed by atoms with van der Waals surface area (Å²) in [6.45, 7) is 5.10. The van der Waals surface area contributed by atoms with Gasteiger partial charge in [0.1, 0.15) is 5.82 Å². The molecule has 6 nitrogen and oxygen atoms in total. The molecule has 6 heteroatoms. The molecule has 0 aliphatic carbocycles. The van der Waals surface area contributed by atoms with Crippen LogP contribution in [0.25, 0.3) is 0 Å². The van der Waals surface area contributed by atoms with Crippen LogP contribution in [0.3, 0.4) is 0 Å². The van der Waals surface area contributed by atoms with Crippen molar-refractivity contribution in [2.45, 2.75) is 25.3 Å². The summed E-state index contributed by atoms with van der Waals surface area (Å²) in [6.07, 6.45) is 5.71. The summed E-state index contributed by atoms with van der Waals surface area (Å²) in [7, 11) is 0. The van der Waals surface area contributed by atoms with E-state index in [1.807, 2.05) is 11.1 Å². The second-order valence-corrected chi connectivity index (χ2v) is 5.56. The molecule has 0 saturated carbocycles. The first-order chi connectivity index (χ1) is 9.79. The highest BCUT2D eigenvalue weighted by Crippen LogP contribution is 2.27. The molecule has 1 N–H and O–H groups in total. The van der Waals surface area contributed by atoms with Crippen molar-refractivity contribution in [2.24, 2.45) is 0 Å². The second-order valence-electron chi connectivity index (χ2n) is 5.56. The number of amides is 1. The zero-order chi connectivity index (χ0) is 13.9. The van der Waals surface area contributed by atoms with Crippen LogP contribution in [0.1, 0.15) is 24.6 Å². The van der Waals surface area contributed by atoms with E-state index in [1.54, 1.807) is 6.20 Å². The standard InChI is InChI=1S/C14H22N4O2/c19-11-10-16-6-8-18(9-7-16)14(20)12-2-1-4-17-5-3-15-13(12)17/h3,5,12,19H,1-2,4,6-11H2. The van der Waals surface area contributed by atoms with Crippen LogP contribution in [-0.4, -0.2) is 69.7 Å². The number of hydrogen-bond acceptors (Lipinski definition) is 4. The van der Waals surface area contributed by atoms with Gasteiger partial charge in [-0.05, 0) is 12.8 Å². The Morgan fingerprint density at radius 2 is 2.10 bits per heavy atom. The van der Waals surface area contributed by atoms with E-state index in [4.69, 9.17) is 5.11 Å². The molecule has 1 fully saturated rings. The van der Waals surface area contributed by atoms with Crippen LogP contribution in [0.2, 0.25) is 0 Å². The molecule has 1 aromatic rings. The van der Waals surface area contributed by atoms with E-state index in [0.717, 1.165) is 51.4 Å². The zero-order valence-electron chi connectivity index (χ0n) is 11.7. The number of β-amino-alcohol motifs (C(OH)–C–C–N with tert-alkyl or cyclic N) is 1. The Labute approximate surface area is 119 Å². The smallest absolute Gasteiger partial charge is 0.233 e. The van der Waals surface area contributed by atoms with Crippen molar-refractivity contribution in [1.29, 1.82) is 0 Å². The Morgan fingerprint density at radius 3 is 2.85 bits per heavy atom. The summed E-state index contributed by atoms with van der Waals surface area (Å²) < 4.78 is 2.11. The van der Waals surface area contributed by atoms with Gasteiger partial charge in [-0.3, -0.25) is 9.69 Å². The van der Waals surface area contributed by atoms with Gasteiger partial charge in [0, 0.05) is 51.7 Å². The third kappa shape index (κ3) is 2.58. The maximum atomic E-state index is 12.7. The largest absolute Gasteiger partial charge is 0.395 e. The van der Waals surface area contributed by atoms with Gasteiger partial charge in [0.15, 0.2) is 0 Å². The first kappa shape index (κ1) is 13.6. The van der Waals surface area contributed by atoms with Crippen LogP contribution in [-0.2, 0) is 11.3 Å². The molecule has 1 aromatic heterocycles. The van der Waals surface area contributed by atoms with Crippen LogP contribution in [0.15, 0.2) is 12.4 Å². The van der Waals surface area contributed by atoms with Gasteiger partial charge in [-0.2, -0.15) is 0 Å². The van der Waals surface area contributed by atoms with E-state index in [9.17, 15) is 4.79 Å². The van der Waals surface area contributed by atoms with Crippen molar-refractivity contribution in [1.82, 2.24) is 19.4 Å². The van der Waals surface area contributed by atoms with Gasteiger partial charge in [-0.25, -0.2) is 4.98 Å². The van der Waals surface area contributed by atoms with Gasteiger partial charge in [0.2, 0.25) is 5.91 Å². The number of nitrogens with zero attached hydrogens (tertiary/aromatic N) is 4. The van der Waals surface area contributed by atoms with Gasteiger partial charge in [0.05, 0.1) is 12.5 Å². The molecule has 1 atom stereocenters. The summed E-state index contributed by atoms with van der Waals surface area (Å²) >= 11 is 0. The quantitative estimate of drug-likeness (QED) is 0.838. The summed E-state index contributed by atoms with van der Waals surface area (Å²) in [5, 5.41) is 8.95. The minimum atomic E-state index is -0.0665. The SMILES string of the molecule is O=C(C1CCCn2ccnc21)N1CCN(CCO)CC1. The molecule has 1 amide bonds. The molecule has 0 radical (unpaired) electrons. The highest BCUT2D eigenvalue weighted by Gasteiger charge is 2.32. The topological polar surface area (TPSA) is 61.6 Å². The Morgan fingerprint density at radius 1 is 1.30 bits per heavy atom. The summed E-state index contributed by atoms with van der Waals surface area (Å²) in [5.41, 5.74) is 0. The number of carbonyl (C=O) groups is 1. The fraction of sp³-hybridized carbons (Fsp3) is 0.714. The Hall–Kier alpha value is -1.40. The molecule has 2 aliphatic rings. The third-order valence-corrected chi connectivity index (χ3v) is 4.35. The second kappa shape index (κ2) is 5.93. The predicted octanol–water partition coefficient (Wildman–Crippen LogP) is -0.103. The fourth-order valence-electron chi connectivity index (χ4n) is 3.20. The van der Waals surface area contributed by atoms with Gasteiger partial charge in [0.25, 0.3) is 0 Å². The minimum Gasteiger partial charge on any atom is -0.395 e. The van der Waals surface area contributed by atoms with Crippen LogP contribution in [0.4, 0.5) is 0 Å². The lowest BCUT2D eigenvalue weighted by molar-refractivity contribution is -0.135. The number of aliphatic hydroxyl groups excluding tert-OH is 1. The molecule has 0 bridgehead atoms. The lowest BCUT2D eigenvalue weighted by atomic mass is 9.97. The number of hydrogen-bond donors (Lipinski definition) is 1. The van der Waals surface area contributed by atoms with Crippen molar-refractivity contribution in [3.63, 3.8) is 0 Å². The van der Waals surface area contributed by atoms with E-state index in [1.165, 1.54) is 0 Å². The number of fused-ring (bicyclic) bond motifs is 1. The maximum absolute atomic E-state index is 12.7.